The van der Waals surface area contributed by atoms with Crippen LogP contribution in [0.2, 0.25) is 0 Å². The van der Waals surface area contributed by atoms with Gasteiger partial charge in [-0.25, -0.2) is 4.98 Å². The molecule has 2 rings (SSSR count). The maximum atomic E-state index is 4.41. The van der Waals surface area contributed by atoms with Gasteiger partial charge in [0, 0.05) is 17.6 Å². The molecule has 2 aromatic rings. The Morgan fingerprint density at radius 1 is 0.778 bits per heavy atom. The molecule has 2 heterocycles. The van der Waals surface area contributed by atoms with Gasteiger partial charge in [0.15, 0.2) is 0 Å². The zero-order chi connectivity index (χ0) is 14.1. The molecule has 0 aliphatic carbocycles. The standard InChI is InChI=1S/C12H14N2.2C2H6/c1-9-4-7-12(13-8-9)14-10(2)5-6-11(14)3;2*1-2/h4-8H,1-3H3;2*1-2H3. The quantitative estimate of drug-likeness (QED) is 0.703. The highest BCUT2D eigenvalue weighted by Gasteiger charge is 2.03. The van der Waals surface area contributed by atoms with Gasteiger partial charge in [0.25, 0.3) is 0 Å². The van der Waals surface area contributed by atoms with Crippen LogP contribution in [0.5, 0.6) is 0 Å². The van der Waals surface area contributed by atoms with E-state index in [1.165, 1.54) is 17.0 Å². The summed E-state index contributed by atoms with van der Waals surface area (Å²) in [6, 6.07) is 8.35. The molecule has 0 N–H and O–H groups in total. The minimum atomic E-state index is 0.996. The first kappa shape index (κ1) is 16.4. The molecule has 100 valence electrons. The SMILES string of the molecule is CC.CC.Cc1ccc(-n2c(C)ccc2C)nc1. The first-order valence-corrected chi connectivity index (χ1v) is 6.76. The van der Waals surface area contributed by atoms with Crippen molar-refractivity contribution in [2.24, 2.45) is 0 Å². The third-order valence-corrected chi connectivity index (χ3v) is 2.40. The van der Waals surface area contributed by atoms with E-state index >= 15 is 0 Å². The maximum absolute atomic E-state index is 4.41. The topological polar surface area (TPSA) is 17.8 Å². The van der Waals surface area contributed by atoms with Gasteiger partial charge in [-0.3, -0.25) is 0 Å². The fraction of sp³-hybridized carbons (Fsp3) is 0.438. The predicted octanol–water partition coefficient (Wildman–Crippen LogP) is 4.85. The Hall–Kier alpha value is -1.57. The van der Waals surface area contributed by atoms with E-state index in [-0.39, 0.29) is 0 Å². The summed E-state index contributed by atoms with van der Waals surface area (Å²) in [7, 11) is 0. The lowest BCUT2D eigenvalue weighted by Crippen LogP contribution is -2.00. The van der Waals surface area contributed by atoms with Crippen LogP contribution in [0.25, 0.3) is 5.82 Å². The number of hydrogen-bond donors (Lipinski definition) is 0. The molecule has 0 atom stereocenters. The molecule has 0 saturated heterocycles. The van der Waals surface area contributed by atoms with Crippen molar-refractivity contribution in [2.45, 2.75) is 48.5 Å². The van der Waals surface area contributed by atoms with Gasteiger partial charge in [-0.15, -0.1) is 0 Å². The number of pyridine rings is 1. The highest BCUT2D eigenvalue weighted by Crippen LogP contribution is 2.13. The monoisotopic (exact) mass is 246 g/mol. The van der Waals surface area contributed by atoms with Gasteiger partial charge < -0.3 is 4.57 Å². The Bertz CT molecular complexity index is 419. The zero-order valence-corrected chi connectivity index (χ0v) is 12.8. The molecule has 2 nitrogen and oxygen atoms in total. The van der Waals surface area contributed by atoms with Crippen LogP contribution in [0.3, 0.4) is 0 Å². The van der Waals surface area contributed by atoms with E-state index < -0.39 is 0 Å². The predicted molar refractivity (Wildman–Crippen MR) is 80.5 cm³/mol. The summed E-state index contributed by atoms with van der Waals surface area (Å²) in [6.45, 7) is 14.2. The van der Waals surface area contributed by atoms with Crippen molar-refractivity contribution >= 4 is 0 Å². The second-order valence-corrected chi connectivity index (χ2v) is 3.65. The number of aromatic nitrogens is 2. The zero-order valence-electron chi connectivity index (χ0n) is 12.8. The van der Waals surface area contributed by atoms with Gasteiger partial charge in [-0.2, -0.15) is 0 Å². The Labute approximate surface area is 112 Å². The lowest BCUT2D eigenvalue weighted by atomic mass is 10.3. The summed E-state index contributed by atoms with van der Waals surface area (Å²) in [5, 5.41) is 0. The average Bonchev–Trinajstić information content (AvgIpc) is 2.75. The van der Waals surface area contributed by atoms with Gasteiger partial charge in [0.2, 0.25) is 0 Å². The molecular weight excluding hydrogens is 220 g/mol. The number of nitrogens with zero attached hydrogens (tertiary/aromatic N) is 2. The Morgan fingerprint density at radius 2 is 1.28 bits per heavy atom. The molecule has 0 amide bonds. The van der Waals surface area contributed by atoms with E-state index in [0.717, 1.165) is 5.82 Å². The summed E-state index contributed by atoms with van der Waals surface area (Å²) in [4.78, 5) is 4.41. The van der Waals surface area contributed by atoms with Gasteiger partial charge in [0.05, 0.1) is 0 Å². The molecule has 0 saturated carbocycles. The maximum Gasteiger partial charge on any atom is 0.136 e. The van der Waals surface area contributed by atoms with Crippen molar-refractivity contribution in [2.75, 3.05) is 0 Å². The highest BCUT2D eigenvalue weighted by atomic mass is 15.1. The van der Waals surface area contributed by atoms with E-state index in [1.807, 2.05) is 40.8 Å². The van der Waals surface area contributed by atoms with Gasteiger partial charge in [-0.1, -0.05) is 33.8 Å². The Kier molecular flexibility index (Phi) is 7.77. The molecule has 0 radical (unpaired) electrons. The molecule has 0 fully saturated rings. The van der Waals surface area contributed by atoms with E-state index in [0.29, 0.717) is 0 Å². The van der Waals surface area contributed by atoms with Crippen molar-refractivity contribution in [3.05, 3.63) is 47.4 Å². The fourth-order valence-corrected chi connectivity index (χ4v) is 1.62. The second kappa shape index (κ2) is 8.51. The smallest absolute Gasteiger partial charge is 0.136 e. The van der Waals surface area contributed by atoms with E-state index in [9.17, 15) is 0 Å². The minimum absolute atomic E-state index is 0.996. The number of aryl methyl sites for hydroxylation is 3. The van der Waals surface area contributed by atoms with E-state index in [1.54, 1.807) is 0 Å². The summed E-state index contributed by atoms with van der Waals surface area (Å²) >= 11 is 0. The second-order valence-electron chi connectivity index (χ2n) is 3.65. The van der Waals surface area contributed by atoms with Crippen molar-refractivity contribution < 1.29 is 0 Å². The van der Waals surface area contributed by atoms with Crippen LogP contribution < -0.4 is 0 Å². The third-order valence-electron chi connectivity index (χ3n) is 2.40. The lowest BCUT2D eigenvalue weighted by Gasteiger charge is -2.07. The molecule has 0 spiro atoms. The average molecular weight is 246 g/mol. The highest BCUT2D eigenvalue weighted by molar-refractivity contribution is 5.32. The fourth-order valence-electron chi connectivity index (χ4n) is 1.62. The largest absolute Gasteiger partial charge is 0.303 e. The van der Waals surface area contributed by atoms with Crippen molar-refractivity contribution in [1.82, 2.24) is 9.55 Å². The molecular formula is C16H26N2. The summed E-state index contributed by atoms with van der Waals surface area (Å²) in [6.07, 6.45) is 1.90. The van der Waals surface area contributed by atoms with Crippen molar-refractivity contribution in [3.63, 3.8) is 0 Å². The van der Waals surface area contributed by atoms with Gasteiger partial charge in [0.1, 0.15) is 5.82 Å². The molecule has 0 aliphatic heterocycles. The molecule has 0 aromatic carbocycles. The Balaban J connectivity index is 0.000000659. The summed E-state index contributed by atoms with van der Waals surface area (Å²) < 4.78 is 2.15. The van der Waals surface area contributed by atoms with Crippen molar-refractivity contribution in [1.29, 1.82) is 0 Å². The first-order valence-electron chi connectivity index (χ1n) is 6.76. The van der Waals surface area contributed by atoms with Crippen LogP contribution >= 0.6 is 0 Å². The molecule has 0 aliphatic rings. The van der Waals surface area contributed by atoms with Crippen LogP contribution in [-0.2, 0) is 0 Å². The first-order chi connectivity index (χ1) is 8.68. The van der Waals surface area contributed by atoms with Crippen molar-refractivity contribution in [3.8, 4) is 5.82 Å². The number of hydrogen-bond acceptors (Lipinski definition) is 1. The molecule has 18 heavy (non-hydrogen) atoms. The normalized spacial score (nSPS) is 8.83. The van der Waals surface area contributed by atoms with E-state index in [4.69, 9.17) is 0 Å². The van der Waals surface area contributed by atoms with Crippen LogP contribution in [0, 0.1) is 20.8 Å². The van der Waals surface area contributed by atoms with Crippen LogP contribution in [0.15, 0.2) is 30.5 Å². The molecule has 0 bridgehead atoms. The molecule has 2 heteroatoms. The Morgan fingerprint density at radius 3 is 1.67 bits per heavy atom. The minimum Gasteiger partial charge on any atom is -0.303 e. The summed E-state index contributed by atoms with van der Waals surface area (Å²) in [5.41, 5.74) is 3.63. The third kappa shape index (κ3) is 4.02. The van der Waals surface area contributed by atoms with E-state index in [2.05, 4.69) is 47.7 Å². The molecule has 0 unspecified atom stereocenters. The summed E-state index contributed by atoms with van der Waals surface area (Å²) in [5.74, 6) is 0.996. The van der Waals surface area contributed by atoms with Crippen LogP contribution in [-0.4, -0.2) is 9.55 Å². The van der Waals surface area contributed by atoms with Crippen LogP contribution in [0.1, 0.15) is 44.6 Å². The van der Waals surface area contributed by atoms with Crippen LogP contribution in [0.4, 0.5) is 0 Å². The van der Waals surface area contributed by atoms with Gasteiger partial charge in [-0.05, 0) is 44.5 Å². The van der Waals surface area contributed by atoms with Gasteiger partial charge >= 0.3 is 0 Å². The number of rotatable bonds is 1. The molecule has 2 aromatic heterocycles. The lowest BCUT2D eigenvalue weighted by molar-refractivity contribution is 0.920.